The molecule has 5 heterocycles. The van der Waals surface area contributed by atoms with Crippen molar-refractivity contribution in [3.63, 3.8) is 0 Å². The highest BCUT2D eigenvalue weighted by molar-refractivity contribution is 5.95. The molecular weight excluding hydrogens is 593 g/mol. The number of aromatic nitrogens is 3. The van der Waals surface area contributed by atoms with Gasteiger partial charge in [-0.25, -0.2) is 14.4 Å². The van der Waals surface area contributed by atoms with E-state index < -0.39 is 11.9 Å². The quantitative estimate of drug-likeness (QED) is 0.283. The number of aliphatic hydroxyl groups is 1. The van der Waals surface area contributed by atoms with E-state index in [0.717, 1.165) is 37.1 Å². The highest BCUT2D eigenvalue weighted by Crippen LogP contribution is 2.28. The van der Waals surface area contributed by atoms with Crippen LogP contribution >= 0.6 is 0 Å². The first-order valence-corrected chi connectivity index (χ1v) is 16.1. The van der Waals surface area contributed by atoms with Crippen LogP contribution in [0.15, 0.2) is 29.0 Å². The van der Waals surface area contributed by atoms with Gasteiger partial charge < -0.3 is 29.4 Å². The zero-order valence-electron chi connectivity index (χ0n) is 26.5. The number of nitrogens with zero attached hydrogens (tertiary/aromatic N) is 6. The minimum Gasteiger partial charge on any atom is -0.482 e. The number of aliphatic hydroxyl groups excluding tert-OH is 1. The number of halogens is 1. The first-order valence-electron chi connectivity index (χ1n) is 16.1. The number of Topliss-reactive ketones (excluding diaryl/α,β-unsaturated/α-hetero) is 1. The molecule has 0 radical (unpaired) electrons. The number of β-amino-alcohol motifs (C(OH)–C–C–N with tert-alkyl or cyclic N) is 1. The predicted molar refractivity (Wildman–Crippen MR) is 168 cm³/mol. The van der Waals surface area contributed by atoms with E-state index in [1.807, 2.05) is 6.92 Å². The summed E-state index contributed by atoms with van der Waals surface area (Å²) in [4.78, 5) is 44.3. The van der Waals surface area contributed by atoms with Gasteiger partial charge in [-0.1, -0.05) is 0 Å². The van der Waals surface area contributed by atoms with E-state index in [-0.39, 0.29) is 42.9 Å². The van der Waals surface area contributed by atoms with Crippen molar-refractivity contribution in [2.75, 3.05) is 49.5 Å². The summed E-state index contributed by atoms with van der Waals surface area (Å²) in [5, 5.41) is 14.2. The van der Waals surface area contributed by atoms with Gasteiger partial charge >= 0.3 is 0 Å². The van der Waals surface area contributed by atoms with E-state index in [2.05, 4.69) is 25.1 Å². The topological polar surface area (TPSA) is 137 Å². The van der Waals surface area contributed by atoms with Crippen molar-refractivity contribution in [1.82, 2.24) is 24.8 Å². The average Bonchev–Trinajstić information content (AvgIpc) is 3.44. The van der Waals surface area contributed by atoms with Crippen LogP contribution in [0, 0.1) is 12.7 Å². The number of likely N-dealkylation sites (tertiary alicyclic amines) is 1. The monoisotopic (exact) mass is 635 g/mol. The molecule has 1 aromatic carbocycles. The number of ether oxygens (including phenoxy) is 1. The first-order chi connectivity index (χ1) is 22.2. The SMILES string of the molecule is CC(=O)N1CC(Nc2cc(C(=O)CC[C@H](O)CN3CCc4cc(OCc5ocnc5C)c(F)cc4C3)nc(N3CCCCC3)n2)C1. The first kappa shape index (κ1) is 31.9. The fraction of sp³-hybridized carbons (Fsp3) is 0.545. The smallest absolute Gasteiger partial charge is 0.227 e. The number of nitrogens with one attached hydrogen (secondary N) is 1. The fourth-order valence-electron chi connectivity index (χ4n) is 6.23. The third-order valence-corrected chi connectivity index (χ3v) is 9.04. The molecule has 246 valence electrons. The third kappa shape index (κ3) is 7.64. The Bertz CT molecular complexity index is 1550. The molecule has 0 saturated carbocycles. The molecule has 0 bridgehead atoms. The van der Waals surface area contributed by atoms with Crippen LogP contribution in [0.4, 0.5) is 16.2 Å². The standard InChI is InChI=1S/C33H42FN7O5/c1-21-31(46-20-35-21)19-45-30-13-23-8-11-39(15-24(23)12-27(30)34)18-26(43)6-7-29(44)28-14-32(36-25-16-41(17-25)22(2)42)38-33(37-28)40-9-4-3-5-10-40/h12-14,20,25-26,43H,3-11,15-19H2,1-2H3,(H,36,37,38)/t26-/m0/s1. The minimum atomic E-state index is -0.725. The van der Waals surface area contributed by atoms with Crippen molar-refractivity contribution in [1.29, 1.82) is 0 Å². The van der Waals surface area contributed by atoms with Gasteiger partial charge in [0.15, 0.2) is 29.5 Å². The van der Waals surface area contributed by atoms with Crippen LogP contribution < -0.4 is 15.0 Å². The molecule has 3 aliphatic rings. The molecule has 12 nitrogen and oxygen atoms in total. The normalized spacial score (nSPS) is 17.7. The number of hydrogen-bond acceptors (Lipinski definition) is 11. The van der Waals surface area contributed by atoms with Gasteiger partial charge in [-0.15, -0.1) is 0 Å². The number of piperidine rings is 1. The largest absolute Gasteiger partial charge is 0.482 e. The molecule has 3 aromatic rings. The summed E-state index contributed by atoms with van der Waals surface area (Å²) in [7, 11) is 0. The molecule has 0 unspecified atom stereocenters. The molecular formula is C33H42FN7O5. The molecule has 3 aliphatic heterocycles. The number of carbonyl (C=O) groups is 2. The van der Waals surface area contributed by atoms with Gasteiger partial charge in [0.2, 0.25) is 11.9 Å². The second-order valence-corrected chi connectivity index (χ2v) is 12.6. The van der Waals surface area contributed by atoms with Crippen molar-refractivity contribution in [2.24, 2.45) is 0 Å². The number of hydrogen-bond donors (Lipinski definition) is 2. The molecule has 2 saturated heterocycles. The molecule has 0 aliphatic carbocycles. The van der Waals surface area contributed by atoms with Crippen molar-refractivity contribution < 1.29 is 28.2 Å². The van der Waals surface area contributed by atoms with Gasteiger partial charge in [-0.2, -0.15) is 4.98 Å². The van der Waals surface area contributed by atoms with Crippen LogP contribution in [-0.4, -0.2) is 93.0 Å². The van der Waals surface area contributed by atoms with Gasteiger partial charge in [0, 0.05) is 65.2 Å². The van der Waals surface area contributed by atoms with E-state index in [1.54, 1.807) is 24.0 Å². The Morgan fingerprint density at radius 1 is 1.13 bits per heavy atom. The van der Waals surface area contributed by atoms with E-state index >= 15 is 0 Å². The zero-order chi connectivity index (χ0) is 32.2. The van der Waals surface area contributed by atoms with Crippen LogP contribution in [0.2, 0.25) is 0 Å². The zero-order valence-corrected chi connectivity index (χ0v) is 26.5. The summed E-state index contributed by atoms with van der Waals surface area (Å²) in [6.45, 7) is 7.93. The second-order valence-electron chi connectivity index (χ2n) is 12.6. The Kier molecular flexibility index (Phi) is 9.78. The molecule has 2 fully saturated rings. The maximum absolute atomic E-state index is 14.9. The third-order valence-electron chi connectivity index (χ3n) is 9.04. The molecule has 2 N–H and O–H groups in total. The van der Waals surface area contributed by atoms with Gasteiger partial charge in [-0.05, 0) is 62.3 Å². The molecule has 2 aromatic heterocycles. The number of benzene rings is 1. The Labute approximate surface area is 268 Å². The van der Waals surface area contributed by atoms with Gasteiger partial charge in [0.25, 0.3) is 0 Å². The summed E-state index contributed by atoms with van der Waals surface area (Å²) < 4.78 is 25.8. The number of amides is 1. The number of anilines is 2. The summed E-state index contributed by atoms with van der Waals surface area (Å²) in [5.74, 6) is 1.30. The molecule has 13 heteroatoms. The van der Waals surface area contributed by atoms with Crippen LogP contribution in [0.1, 0.15) is 72.1 Å². The maximum atomic E-state index is 14.9. The lowest BCUT2D eigenvalue weighted by Crippen LogP contribution is -2.56. The number of fused-ring (bicyclic) bond motifs is 1. The number of oxazole rings is 1. The van der Waals surface area contributed by atoms with Gasteiger partial charge in [0.1, 0.15) is 18.1 Å². The predicted octanol–water partition coefficient (Wildman–Crippen LogP) is 3.51. The van der Waals surface area contributed by atoms with E-state index in [1.165, 1.54) is 18.9 Å². The molecule has 6 rings (SSSR count). The summed E-state index contributed by atoms with van der Waals surface area (Å²) in [6.07, 6.45) is 5.01. The Morgan fingerprint density at radius 2 is 1.93 bits per heavy atom. The lowest BCUT2D eigenvalue weighted by Gasteiger charge is -2.39. The molecule has 1 atom stereocenters. The Hall–Kier alpha value is -4.10. The van der Waals surface area contributed by atoms with Crippen molar-refractivity contribution in [3.05, 3.63) is 58.7 Å². The summed E-state index contributed by atoms with van der Waals surface area (Å²) in [6, 6.07) is 5.00. The average molecular weight is 636 g/mol. The lowest BCUT2D eigenvalue weighted by atomic mass is 9.98. The van der Waals surface area contributed by atoms with Crippen molar-refractivity contribution >= 4 is 23.5 Å². The van der Waals surface area contributed by atoms with Crippen LogP contribution in [0.5, 0.6) is 5.75 Å². The van der Waals surface area contributed by atoms with Gasteiger partial charge in [-0.3, -0.25) is 14.5 Å². The molecule has 0 spiro atoms. The maximum Gasteiger partial charge on any atom is 0.227 e. The van der Waals surface area contributed by atoms with E-state index in [9.17, 15) is 19.1 Å². The second kappa shape index (κ2) is 14.1. The van der Waals surface area contributed by atoms with Crippen LogP contribution in [-0.2, 0) is 24.4 Å². The Balaban J connectivity index is 1.03. The molecule has 1 amide bonds. The summed E-state index contributed by atoms with van der Waals surface area (Å²) in [5.41, 5.74) is 2.91. The fourth-order valence-corrected chi connectivity index (χ4v) is 6.23. The van der Waals surface area contributed by atoms with Crippen LogP contribution in [0.25, 0.3) is 0 Å². The highest BCUT2D eigenvalue weighted by atomic mass is 19.1. The van der Waals surface area contributed by atoms with E-state index in [0.29, 0.717) is 68.1 Å². The summed E-state index contributed by atoms with van der Waals surface area (Å²) >= 11 is 0. The van der Waals surface area contributed by atoms with Crippen molar-refractivity contribution in [2.45, 2.75) is 77.7 Å². The lowest BCUT2D eigenvalue weighted by molar-refractivity contribution is -0.132. The molecule has 46 heavy (non-hydrogen) atoms. The van der Waals surface area contributed by atoms with Crippen molar-refractivity contribution in [3.8, 4) is 5.75 Å². The highest BCUT2D eigenvalue weighted by Gasteiger charge is 2.29. The minimum absolute atomic E-state index is 0.0408. The Morgan fingerprint density at radius 3 is 2.67 bits per heavy atom. The van der Waals surface area contributed by atoms with Gasteiger partial charge in [0.05, 0.1) is 17.8 Å². The number of rotatable bonds is 12. The number of ketones is 1. The van der Waals surface area contributed by atoms with E-state index in [4.69, 9.17) is 14.1 Å². The van der Waals surface area contributed by atoms with Crippen LogP contribution in [0.3, 0.4) is 0 Å². The number of carbonyl (C=O) groups excluding carboxylic acids is 2. The number of aryl methyl sites for hydroxylation is 1.